The molecule has 0 heterocycles. The van der Waals surface area contributed by atoms with Crippen LogP contribution in [0.15, 0.2) is 11.9 Å². The molecule has 2 heteroatoms. The molecule has 0 aliphatic heterocycles. The summed E-state index contributed by atoms with van der Waals surface area (Å²) >= 11 is 0. The lowest BCUT2D eigenvalue weighted by Gasteiger charge is -2.37. The van der Waals surface area contributed by atoms with Crippen LogP contribution in [0, 0.1) is 35.0 Å². The number of rotatable bonds is 3. The van der Waals surface area contributed by atoms with Crippen molar-refractivity contribution in [3.8, 4) is 6.07 Å². The minimum Gasteiger partial charge on any atom is -0.195 e. The molecule has 0 radical (unpaired) electrons. The van der Waals surface area contributed by atoms with Gasteiger partial charge < -0.3 is 0 Å². The van der Waals surface area contributed by atoms with Crippen molar-refractivity contribution in [2.24, 2.45) is 23.7 Å². The smallest absolute Gasteiger partial charge is 0.195 e. The molecule has 0 aromatic rings. The van der Waals surface area contributed by atoms with Crippen molar-refractivity contribution in [3.63, 3.8) is 0 Å². The maximum absolute atomic E-state index is 13.0. The molecule has 0 aromatic carbocycles. The Morgan fingerprint density at radius 1 is 1.05 bits per heavy atom. The zero-order valence-corrected chi connectivity index (χ0v) is 12.1. The van der Waals surface area contributed by atoms with E-state index in [1.54, 1.807) is 12.1 Å². The van der Waals surface area contributed by atoms with Crippen LogP contribution in [0.2, 0.25) is 0 Å². The molecule has 0 spiro atoms. The zero-order chi connectivity index (χ0) is 13.7. The fourth-order valence-corrected chi connectivity index (χ4v) is 4.10. The summed E-state index contributed by atoms with van der Waals surface area (Å²) in [4.78, 5) is 0. The van der Waals surface area contributed by atoms with Crippen LogP contribution in [0.3, 0.4) is 0 Å². The Labute approximate surface area is 116 Å². The van der Waals surface area contributed by atoms with Gasteiger partial charge in [-0.25, -0.2) is 0 Å². The van der Waals surface area contributed by atoms with Gasteiger partial charge in [-0.2, -0.15) is 9.65 Å². The molecular formula is C17H26FN. The summed E-state index contributed by atoms with van der Waals surface area (Å²) in [5, 5.41) is 8.48. The monoisotopic (exact) mass is 263 g/mol. The molecule has 0 saturated heterocycles. The minimum atomic E-state index is -0.591. The molecule has 0 N–H and O–H groups in total. The van der Waals surface area contributed by atoms with Crippen molar-refractivity contribution >= 4 is 0 Å². The van der Waals surface area contributed by atoms with Crippen LogP contribution >= 0.6 is 0 Å². The highest BCUT2D eigenvalue weighted by Gasteiger charge is 2.30. The van der Waals surface area contributed by atoms with E-state index in [0.29, 0.717) is 5.92 Å². The number of nitrogens with zero attached hydrogens (tertiary/aromatic N) is 1. The molecule has 2 fully saturated rings. The molecule has 0 amide bonds. The second kappa shape index (κ2) is 7.08. The third-order valence-electron chi connectivity index (χ3n) is 5.44. The number of hydrogen-bond donors (Lipinski definition) is 0. The third kappa shape index (κ3) is 4.06. The first-order valence-electron chi connectivity index (χ1n) is 8.00. The summed E-state index contributed by atoms with van der Waals surface area (Å²) in [5.41, 5.74) is 0. The molecule has 0 unspecified atom stereocenters. The van der Waals surface area contributed by atoms with E-state index >= 15 is 0 Å². The van der Waals surface area contributed by atoms with Crippen LogP contribution in [0.5, 0.6) is 0 Å². The van der Waals surface area contributed by atoms with Gasteiger partial charge >= 0.3 is 0 Å². The summed E-state index contributed by atoms with van der Waals surface area (Å²) in [6.45, 7) is 2.31. The Kier molecular flexibility index (Phi) is 5.43. The number of allylic oxidation sites excluding steroid dienone is 2. The predicted molar refractivity (Wildman–Crippen MR) is 76.0 cm³/mol. The van der Waals surface area contributed by atoms with E-state index < -0.39 is 5.83 Å². The van der Waals surface area contributed by atoms with Gasteiger partial charge in [0.15, 0.2) is 5.83 Å². The Hall–Kier alpha value is -0.840. The number of hydrogen-bond acceptors (Lipinski definition) is 1. The molecule has 1 nitrogen and oxygen atoms in total. The lowest BCUT2D eigenvalue weighted by Crippen LogP contribution is -2.25. The zero-order valence-electron chi connectivity index (χ0n) is 12.1. The van der Waals surface area contributed by atoms with E-state index in [1.807, 2.05) is 0 Å². The van der Waals surface area contributed by atoms with Gasteiger partial charge in [0.1, 0.15) is 6.07 Å². The van der Waals surface area contributed by atoms with Crippen LogP contribution < -0.4 is 0 Å². The first kappa shape index (κ1) is 14.6. The SMILES string of the molecule is CC[C@H]1CC[C@H](C2CCC(/C=C(/F)C#N)CC2)CC1. The molecule has 2 aliphatic rings. The highest BCUT2D eigenvalue weighted by atomic mass is 19.1. The van der Waals surface area contributed by atoms with E-state index in [2.05, 4.69) is 6.92 Å². The lowest BCUT2D eigenvalue weighted by molar-refractivity contribution is 0.154. The summed E-state index contributed by atoms with van der Waals surface area (Å²) < 4.78 is 13.0. The van der Waals surface area contributed by atoms with Gasteiger partial charge in [0, 0.05) is 0 Å². The van der Waals surface area contributed by atoms with E-state index in [-0.39, 0.29) is 0 Å². The highest BCUT2D eigenvalue weighted by Crippen LogP contribution is 2.42. The molecule has 0 atom stereocenters. The molecule has 2 saturated carbocycles. The van der Waals surface area contributed by atoms with Gasteiger partial charge in [0.2, 0.25) is 0 Å². The van der Waals surface area contributed by atoms with E-state index in [0.717, 1.165) is 30.6 Å². The van der Waals surface area contributed by atoms with Gasteiger partial charge in [-0.3, -0.25) is 0 Å². The quantitative estimate of drug-likeness (QED) is 0.626. The van der Waals surface area contributed by atoms with Gasteiger partial charge in [0.05, 0.1) is 0 Å². The first-order valence-corrected chi connectivity index (χ1v) is 8.00. The Morgan fingerprint density at radius 3 is 2.05 bits per heavy atom. The van der Waals surface area contributed by atoms with Crippen molar-refractivity contribution in [2.75, 3.05) is 0 Å². The highest BCUT2D eigenvalue weighted by molar-refractivity contribution is 5.13. The average Bonchev–Trinajstić information content (AvgIpc) is 2.48. The number of halogens is 1. The molecule has 0 aromatic heterocycles. The second-order valence-corrected chi connectivity index (χ2v) is 6.49. The van der Waals surface area contributed by atoms with E-state index in [4.69, 9.17) is 5.26 Å². The van der Waals surface area contributed by atoms with Gasteiger partial charge in [-0.05, 0) is 68.3 Å². The summed E-state index contributed by atoms with van der Waals surface area (Å²) in [5.74, 6) is 2.48. The van der Waals surface area contributed by atoms with Crippen molar-refractivity contribution in [2.45, 2.75) is 64.7 Å². The van der Waals surface area contributed by atoms with Crippen molar-refractivity contribution < 1.29 is 4.39 Å². The largest absolute Gasteiger partial charge is 0.196 e. The minimum absolute atomic E-state index is 0.308. The third-order valence-corrected chi connectivity index (χ3v) is 5.44. The van der Waals surface area contributed by atoms with Crippen LogP contribution in [0.25, 0.3) is 0 Å². The van der Waals surface area contributed by atoms with Crippen LogP contribution in [-0.4, -0.2) is 0 Å². The van der Waals surface area contributed by atoms with Gasteiger partial charge in [-0.15, -0.1) is 0 Å². The Bertz CT molecular complexity index is 339. The molecular weight excluding hydrogens is 237 g/mol. The van der Waals surface area contributed by atoms with Crippen LogP contribution in [-0.2, 0) is 0 Å². The predicted octanol–water partition coefficient (Wildman–Crippen LogP) is 5.39. The maximum Gasteiger partial charge on any atom is 0.196 e. The van der Waals surface area contributed by atoms with Crippen LogP contribution in [0.1, 0.15) is 64.7 Å². The molecule has 2 aliphatic carbocycles. The van der Waals surface area contributed by atoms with Crippen molar-refractivity contribution in [1.29, 1.82) is 5.26 Å². The fraction of sp³-hybridized carbons (Fsp3) is 0.824. The normalized spacial score (nSPS) is 36.8. The topological polar surface area (TPSA) is 23.8 Å². The standard InChI is InChI=1S/C17H26FN/c1-2-13-3-7-15(8-4-13)16-9-5-14(6-10-16)11-17(18)12-19/h11,13-16H,2-10H2,1H3/b17-11+/t13-,14?,15-,16?. The summed E-state index contributed by atoms with van der Waals surface area (Å²) in [6.07, 6.45) is 13.2. The first-order chi connectivity index (χ1) is 9.22. The summed E-state index contributed by atoms with van der Waals surface area (Å²) in [7, 11) is 0. The van der Waals surface area contributed by atoms with E-state index in [9.17, 15) is 4.39 Å². The lowest BCUT2D eigenvalue weighted by atomic mass is 9.69. The Balaban J connectivity index is 1.76. The molecule has 0 bridgehead atoms. The maximum atomic E-state index is 13.0. The molecule has 106 valence electrons. The Morgan fingerprint density at radius 2 is 1.58 bits per heavy atom. The van der Waals surface area contributed by atoms with Crippen LogP contribution in [0.4, 0.5) is 4.39 Å². The molecule has 2 rings (SSSR count). The van der Waals surface area contributed by atoms with Crippen molar-refractivity contribution in [1.82, 2.24) is 0 Å². The van der Waals surface area contributed by atoms with Gasteiger partial charge in [0.25, 0.3) is 0 Å². The fourth-order valence-electron chi connectivity index (χ4n) is 4.10. The van der Waals surface area contributed by atoms with E-state index in [1.165, 1.54) is 44.9 Å². The van der Waals surface area contributed by atoms with Crippen molar-refractivity contribution in [3.05, 3.63) is 11.9 Å². The molecule has 19 heavy (non-hydrogen) atoms. The summed E-state index contributed by atoms with van der Waals surface area (Å²) in [6, 6.07) is 1.59. The van der Waals surface area contributed by atoms with Gasteiger partial charge in [-0.1, -0.05) is 26.2 Å². The second-order valence-electron chi connectivity index (χ2n) is 6.49. The number of nitriles is 1. The average molecular weight is 263 g/mol.